The van der Waals surface area contributed by atoms with Gasteiger partial charge in [-0.3, -0.25) is 4.98 Å². The van der Waals surface area contributed by atoms with Crippen LogP contribution in [0.3, 0.4) is 0 Å². The molecule has 0 bridgehead atoms. The van der Waals surface area contributed by atoms with Gasteiger partial charge in [-0.05, 0) is 120 Å². The van der Waals surface area contributed by atoms with Gasteiger partial charge in [0, 0.05) is 45.5 Å². The van der Waals surface area contributed by atoms with Gasteiger partial charge in [0.05, 0.1) is 22.4 Å². The van der Waals surface area contributed by atoms with E-state index in [1.165, 1.54) is 60.0 Å². The van der Waals surface area contributed by atoms with Crippen LogP contribution in [0, 0.1) is 0 Å². The van der Waals surface area contributed by atoms with Crippen LogP contribution < -0.4 is 0 Å². The first-order valence-electron chi connectivity index (χ1n) is 22.1. The second-order valence-electron chi connectivity index (χ2n) is 16.8. The second-order valence-corrected chi connectivity index (χ2v) is 16.8. The van der Waals surface area contributed by atoms with Gasteiger partial charge < -0.3 is 4.57 Å². The molecule has 0 spiro atoms. The Hall–Kier alpha value is -8.73. The highest BCUT2D eigenvalue weighted by atomic mass is 15.0. The molecule has 0 saturated heterocycles. The van der Waals surface area contributed by atoms with Crippen LogP contribution in [0.1, 0.15) is 0 Å². The summed E-state index contributed by atoms with van der Waals surface area (Å²) in [6, 6.07) is 78.5. The van der Waals surface area contributed by atoms with E-state index in [4.69, 9.17) is 9.97 Å². The lowest BCUT2D eigenvalue weighted by Gasteiger charge is -2.19. The highest BCUT2D eigenvalue weighted by Crippen LogP contribution is 2.46. The lowest BCUT2D eigenvalue weighted by Crippen LogP contribution is -1.97. The maximum atomic E-state index is 5.44. The second kappa shape index (κ2) is 15.0. The summed E-state index contributed by atoms with van der Waals surface area (Å²) in [5.41, 5.74) is 12.8. The predicted octanol–water partition coefficient (Wildman–Crippen LogP) is 15.9. The zero-order valence-electron chi connectivity index (χ0n) is 35.2. The quantitative estimate of drug-likeness (QED) is 0.157. The normalized spacial score (nSPS) is 11.7. The average Bonchev–Trinajstić information content (AvgIpc) is 3.71. The van der Waals surface area contributed by atoms with E-state index in [-0.39, 0.29) is 0 Å². The maximum Gasteiger partial charge on any atom is 0.160 e. The fourth-order valence-corrected chi connectivity index (χ4v) is 9.99. The van der Waals surface area contributed by atoms with Crippen molar-refractivity contribution in [2.24, 2.45) is 0 Å². The van der Waals surface area contributed by atoms with Gasteiger partial charge in [-0.15, -0.1) is 0 Å². The Balaban J connectivity index is 1.07. The largest absolute Gasteiger partial charge is 0.309 e. The molecule has 0 unspecified atom stereocenters. The topological polar surface area (TPSA) is 43.6 Å². The van der Waals surface area contributed by atoms with Crippen molar-refractivity contribution in [2.75, 3.05) is 0 Å². The molecule has 4 nitrogen and oxygen atoms in total. The number of hydrogen-bond acceptors (Lipinski definition) is 3. The van der Waals surface area contributed by atoms with E-state index in [0.717, 1.165) is 61.0 Å². The van der Waals surface area contributed by atoms with E-state index in [9.17, 15) is 0 Å². The van der Waals surface area contributed by atoms with Gasteiger partial charge in [0.1, 0.15) is 0 Å². The minimum absolute atomic E-state index is 0.668. The summed E-state index contributed by atoms with van der Waals surface area (Å²) in [5, 5.41) is 11.8. The standard InChI is InChI=1S/C61H38N4/c1-3-15-41(16-4-1)55-37-56(44-28-30-57-52(35-44)54-38-62-32-31-58(54)65(57)48-19-5-2-6-20-48)64-61(63-55)47-27-29-51-53(36-47)60(46-26-24-40-14-8-10-18-43(40)34-46)50-22-12-11-21-49(50)59(51)45-25-23-39-13-7-9-17-42(39)33-45/h1-38H. The molecule has 302 valence electrons. The summed E-state index contributed by atoms with van der Waals surface area (Å²) in [6.07, 6.45) is 3.84. The Bertz CT molecular complexity index is 4000. The molecule has 4 heteroatoms. The van der Waals surface area contributed by atoms with Crippen molar-refractivity contribution in [3.05, 3.63) is 231 Å². The molecule has 65 heavy (non-hydrogen) atoms. The van der Waals surface area contributed by atoms with Crippen LogP contribution in [0.5, 0.6) is 0 Å². The van der Waals surface area contributed by atoms with Gasteiger partial charge >= 0.3 is 0 Å². The summed E-state index contributed by atoms with van der Waals surface area (Å²) < 4.78 is 2.31. The minimum atomic E-state index is 0.668. The smallest absolute Gasteiger partial charge is 0.160 e. The number of fused-ring (bicyclic) bond motifs is 7. The number of benzene rings is 10. The first-order valence-corrected chi connectivity index (χ1v) is 22.1. The molecule has 0 aliphatic carbocycles. The van der Waals surface area contributed by atoms with E-state index in [2.05, 4.69) is 222 Å². The van der Waals surface area contributed by atoms with Gasteiger partial charge in [0.25, 0.3) is 0 Å². The molecule has 0 aliphatic heterocycles. The molecule has 0 radical (unpaired) electrons. The van der Waals surface area contributed by atoms with Crippen LogP contribution in [0.25, 0.3) is 127 Å². The molecule has 3 aromatic heterocycles. The summed E-state index contributed by atoms with van der Waals surface area (Å²) >= 11 is 0. The van der Waals surface area contributed by atoms with Crippen LogP contribution in [0.2, 0.25) is 0 Å². The number of rotatable bonds is 6. The zero-order valence-corrected chi connectivity index (χ0v) is 35.2. The van der Waals surface area contributed by atoms with Crippen molar-refractivity contribution in [3.63, 3.8) is 0 Å². The number of pyridine rings is 1. The first kappa shape index (κ1) is 36.9. The van der Waals surface area contributed by atoms with Crippen molar-refractivity contribution < 1.29 is 0 Å². The summed E-state index contributed by atoms with van der Waals surface area (Å²) in [6.45, 7) is 0. The van der Waals surface area contributed by atoms with Crippen LogP contribution in [0.4, 0.5) is 0 Å². The summed E-state index contributed by atoms with van der Waals surface area (Å²) in [5.74, 6) is 0.668. The highest BCUT2D eigenvalue weighted by Gasteiger charge is 2.20. The van der Waals surface area contributed by atoms with Crippen LogP contribution >= 0.6 is 0 Å². The number of nitrogens with zero attached hydrogens (tertiary/aromatic N) is 4. The third kappa shape index (κ3) is 6.18. The van der Waals surface area contributed by atoms with Gasteiger partial charge in [-0.2, -0.15) is 0 Å². The third-order valence-corrected chi connectivity index (χ3v) is 13.0. The lowest BCUT2D eigenvalue weighted by molar-refractivity contribution is 1.17. The maximum absolute atomic E-state index is 5.44. The Morgan fingerprint density at radius 3 is 1.52 bits per heavy atom. The monoisotopic (exact) mass is 826 g/mol. The molecule has 0 aliphatic rings. The zero-order chi connectivity index (χ0) is 42.8. The van der Waals surface area contributed by atoms with Gasteiger partial charge in [-0.25, -0.2) is 9.97 Å². The van der Waals surface area contributed by atoms with Crippen LogP contribution in [-0.2, 0) is 0 Å². The number of para-hydroxylation sites is 1. The van der Waals surface area contributed by atoms with Gasteiger partial charge in [0.2, 0.25) is 0 Å². The minimum Gasteiger partial charge on any atom is -0.309 e. The molecular formula is C61H38N4. The Kier molecular flexibility index (Phi) is 8.50. The van der Waals surface area contributed by atoms with E-state index in [1.807, 2.05) is 18.5 Å². The highest BCUT2D eigenvalue weighted by molar-refractivity contribution is 6.22. The van der Waals surface area contributed by atoms with E-state index in [1.54, 1.807) is 0 Å². The Morgan fingerprint density at radius 2 is 0.831 bits per heavy atom. The molecule has 13 rings (SSSR count). The number of aromatic nitrogens is 4. The van der Waals surface area contributed by atoms with Crippen molar-refractivity contribution in [1.82, 2.24) is 19.5 Å². The van der Waals surface area contributed by atoms with Crippen molar-refractivity contribution in [3.8, 4) is 61.8 Å². The molecule has 0 amide bonds. The van der Waals surface area contributed by atoms with E-state index in [0.29, 0.717) is 5.82 Å². The van der Waals surface area contributed by atoms with Gasteiger partial charge in [-0.1, -0.05) is 164 Å². The van der Waals surface area contributed by atoms with Gasteiger partial charge in [0.15, 0.2) is 5.82 Å². The first-order chi connectivity index (χ1) is 32.2. The van der Waals surface area contributed by atoms with Crippen molar-refractivity contribution >= 4 is 64.9 Å². The van der Waals surface area contributed by atoms with Crippen molar-refractivity contribution in [2.45, 2.75) is 0 Å². The molecule has 13 aromatic rings. The van der Waals surface area contributed by atoms with Crippen molar-refractivity contribution in [1.29, 1.82) is 0 Å². The molecule has 3 heterocycles. The molecule has 10 aromatic carbocycles. The molecule has 0 N–H and O–H groups in total. The predicted molar refractivity (Wildman–Crippen MR) is 271 cm³/mol. The van der Waals surface area contributed by atoms with E-state index >= 15 is 0 Å². The molecular weight excluding hydrogens is 789 g/mol. The molecule has 0 saturated carbocycles. The Labute approximate surface area is 375 Å². The fraction of sp³-hybridized carbons (Fsp3) is 0. The third-order valence-electron chi connectivity index (χ3n) is 13.0. The Morgan fingerprint density at radius 1 is 0.308 bits per heavy atom. The van der Waals surface area contributed by atoms with E-state index < -0.39 is 0 Å². The summed E-state index contributed by atoms with van der Waals surface area (Å²) in [4.78, 5) is 15.4. The molecule has 0 fully saturated rings. The SMILES string of the molecule is c1ccc(-c2cc(-c3ccc4c(c3)c3cnccc3n4-c3ccccc3)nc(-c3ccc4c(-c5ccc6ccccc6c5)c5ccccc5c(-c5ccc6ccccc6c5)c4c3)n2)cc1. The fourth-order valence-electron chi connectivity index (χ4n) is 9.99. The molecule has 0 atom stereocenters. The lowest BCUT2D eigenvalue weighted by atomic mass is 9.84. The average molecular weight is 827 g/mol. The van der Waals surface area contributed by atoms with Crippen LogP contribution in [0.15, 0.2) is 231 Å². The summed E-state index contributed by atoms with van der Waals surface area (Å²) in [7, 11) is 0. The van der Waals surface area contributed by atoms with Crippen LogP contribution in [-0.4, -0.2) is 19.5 Å². The number of hydrogen-bond donors (Lipinski definition) is 0.